The molecule has 0 spiro atoms. The molecule has 3 heterocycles. The number of hydrogen-bond donors (Lipinski definition) is 1. The molecule has 2 aromatic heterocycles. The van der Waals surface area contributed by atoms with Crippen LogP contribution in [0.4, 0.5) is 0 Å². The predicted octanol–water partition coefficient (Wildman–Crippen LogP) is 1.89. The number of aromatic nitrogens is 6. The van der Waals surface area contributed by atoms with Gasteiger partial charge in [-0.15, -0.1) is 5.10 Å². The second-order valence-corrected chi connectivity index (χ2v) is 8.37. The Morgan fingerprint density at radius 1 is 1.31 bits per heavy atom. The summed E-state index contributed by atoms with van der Waals surface area (Å²) in [4.78, 5) is 13.7. The van der Waals surface area contributed by atoms with Gasteiger partial charge in [0.25, 0.3) is 0 Å². The van der Waals surface area contributed by atoms with Gasteiger partial charge in [-0.05, 0) is 68.5 Å². The van der Waals surface area contributed by atoms with Crippen molar-refractivity contribution in [3.8, 4) is 0 Å². The van der Waals surface area contributed by atoms with E-state index in [-0.39, 0.29) is 18.0 Å². The Hall–Kier alpha value is -2.55. The molecule has 1 aliphatic heterocycles. The fourth-order valence-corrected chi connectivity index (χ4v) is 3.93. The molecule has 29 heavy (non-hydrogen) atoms. The van der Waals surface area contributed by atoms with Crippen LogP contribution in [-0.2, 0) is 4.79 Å². The van der Waals surface area contributed by atoms with Crippen LogP contribution in [0.25, 0.3) is 0 Å². The second-order valence-electron chi connectivity index (χ2n) is 8.37. The van der Waals surface area contributed by atoms with Gasteiger partial charge in [0.15, 0.2) is 5.82 Å². The molecule has 9 nitrogen and oxygen atoms in total. The van der Waals surface area contributed by atoms with Gasteiger partial charge >= 0.3 is 0 Å². The maximum absolute atomic E-state index is 11.8. The Morgan fingerprint density at radius 3 is 2.72 bits per heavy atom. The van der Waals surface area contributed by atoms with Crippen molar-refractivity contribution >= 4 is 5.91 Å². The van der Waals surface area contributed by atoms with Crippen LogP contribution in [0.1, 0.15) is 69.0 Å². The van der Waals surface area contributed by atoms with E-state index in [2.05, 4.69) is 57.2 Å². The lowest BCUT2D eigenvalue weighted by molar-refractivity contribution is -0.127. The van der Waals surface area contributed by atoms with Crippen molar-refractivity contribution in [2.24, 2.45) is 5.92 Å². The SMILES string of the molecule is C=CC(=O)N1CCC(CNC(c2cnn(C3CC3)c2)c2nnnn2C(C)C)CC1. The van der Waals surface area contributed by atoms with Crippen LogP contribution >= 0.6 is 0 Å². The van der Waals surface area contributed by atoms with E-state index in [1.165, 1.54) is 18.9 Å². The quantitative estimate of drug-likeness (QED) is 0.683. The molecular formula is C20H30N8O. The zero-order valence-electron chi connectivity index (χ0n) is 17.2. The summed E-state index contributed by atoms with van der Waals surface area (Å²) in [6.45, 7) is 10.2. The highest BCUT2D eigenvalue weighted by Gasteiger charge is 2.29. The van der Waals surface area contributed by atoms with E-state index in [1.807, 2.05) is 15.8 Å². The Kier molecular flexibility index (Phi) is 5.75. The molecule has 9 heteroatoms. The van der Waals surface area contributed by atoms with Gasteiger partial charge in [-0.25, -0.2) is 4.68 Å². The Balaban J connectivity index is 1.46. The molecule has 1 unspecified atom stereocenters. The molecule has 156 valence electrons. The van der Waals surface area contributed by atoms with E-state index < -0.39 is 0 Å². The van der Waals surface area contributed by atoms with Crippen molar-refractivity contribution in [3.05, 3.63) is 36.4 Å². The zero-order valence-corrected chi connectivity index (χ0v) is 17.2. The van der Waals surface area contributed by atoms with Crippen molar-refractivity contribution < 1.29 is 4.79 Å². The molecule has 1 N–H and O–H groups in total. The third-order valence-corrected chi connectivity index (χ3v) is 5.85. The summed E-state index contributed by atoms with van der Waals surface area (Å²) in [6.07, 6.45) is 9.82. The lowest BCUT2D eigenvalue weighted by Gasteiger charge is -2.32. The maximum Gasteiger partial charge on any atom is 0.245 e. The van der Waals surface area contributed by atoms with Crippen molar-refractivity contribution in [2.75, 3.05) is 19.6 Å². The Morgan fingerprint density at radius 2 is 2.07 bits per heavy atom. The monoisotopic (exact) mass is 398 g/mol. The number of piperidine rings is 1. The molecule has 2 fully saturated rings. The number of rotatable bonds is 8. The molecule has 2 aliphatic rings. The number of amides is 1. The summed E-state index contributed by atoms with van der Waals surface area (Å²) in [7, 11) is 0. The second kappa shape index (κ2) is 8.44. The summed E-state index contributed by atoms with van der Waals surface area (Å²) in [6, 6.07) is 0.612. The molecule has 2 aromatic rings. The van der Waals surface area contributed by atoms with Gasteiger partial charge in [0, 0.05) is 24.8 Å². The Labute approximate surface area is 171 Å². The topological polar surface area (TPSA) is 93.8 Å². The highest BCUT2D eigenvalue weighted by atomic mass is 16.2. The van der Waals surface area contributed by atoms with Crippen LogP contribution in [0, 0.1) is 5.92 Å². The number of nitrogens with one attached hydrogen (secondary N) is 1. The largest absolute Gasteiger partial charge is 0.339 e. The molecular weight excluding hydrogens is 368 g/mol. The van der Waals surface area contributed by atoms with E-state index >= 15 is 0 Å². The van der Waals surface area contributed by atoms with Crippen molar-refractivity contribution in [1.29, 1.82) is 0 Å². The summed E-state index contributed by atoms with van der Waals surface area (Å²) in [5.41, 5.74) is 1.09. The molecule has 4 rings (SSSR count). The standard InChI is InChI=1S/C20H30N8O/c1-4-18(29)26-9-7-15(8-10-26)11-21-19(20-23-24-25-28(20)14(2)3)16-12-22-27(13-16)17-5-6-17/h4,12-15,17,19,21H,1,5-11H2,2-3H3. The fraction of sp³-hybridized carbons (Fsp3) is 0.650. The third-order valence-electron chi connectivity index (χ3n) is 5.85. The normalized spacial score (nSPS) is 18.9. The average molecular weight is 399 g/mol. The van der Waals surface area contributed by atoms with E-state index in [1.54, 1.807) is 0 Å². The number of likely N-dealkylation sites (tertiary alicyclic amines) is 1. The van der Waals surface area contributed by atoms with Crippen LogP contribution in [0.3, 0.4) is 0 Å². The molecule has 0 radical (unpaired) electrons. The lowest BCUT2D eigenvalue weighted by atomic mass is 9.96. The van der Waals surface area contributed by atoms with Gasteiger partial charge in [-0.1, -0.05) is 6.58 Å². The first kappa shape index (κ1) is 19.8. The van der Waals surface area contributed by atoms with Crippen LogP contribution in [0.5, 0.6) is 0 Å². The van der Waals surface area contributed by atoms with Crippen LogP contribution < -0.4 is 5.32 Å². The smallest absolute Gasteiger partial charge is 0.245 e. The van der Waals surface area contributed by atoms with Gasteiger partial charge in [0.1, 0.15) is 0 Å². The van der Waals surface area contributed by atoms with Crippen molar-refractivity contribution in [1.82, 2.24) is 40.2 Å². The van der Waals surface area contributed by atoms with Gasteiger partial charge in [0.2, 0.25) is 5.91 Å². The highest BCUT2D eigenvalue weighted by Crippen LogP contribution is 2.35. The van der Waals surface area contributed by atoms with Gasteiger partial charge < -0.3 is 10.2 Å². The molecule has 1 atom stereocenters. The summed E-state index contributed by atoms with van der Waals surface area (Å²) in [5, 5.41) is 20.7. The minimum absolute atomic E-state index is 0.0258. The molecule has 1 saturated heterocycles. The minimum atomic E-state index is -0.104. The van der Waals surface area contributed by atoms with Crippen LogP contribution in [0.2, 0.25) is 0 Å². The van der Waals surface area contributed by atoms with Gasteiger partial charge in [-0.3, -0.25) is 9.48 Å². The number of carbonyl (C=O) groups is 1. The molecule has 1 saturated carbocycles. The number of nitrogens with zero attached hydrogens (tertiary/aromatic N) is 7. The van der Waals surface area contributed by atoms with Crippen LogP contribution in [0.15, 0.2) is 25.0 Å². The molecule has 1 amide bonds. The first-order valence-corrected chi connectivity index (χ1v) is 10.5. The fourth-order valence-electron chi connectivity index (χ4n) is 3.93. The number of tetrazole rings is 1. The van der Waals surface area contributed by atoms with E-state index in [4.69, 9.17) is 0 Å². The average Bonchev–Trinajstić information content (AvgIpc) is 3.26. The first-order valence-electron chi connectivity index (χ1n) is 10.5. The van der Waals surface area contributed by atoms with Crippen molar-refractivity contribution in [2.45, 2.75) is 57.7 Å². The summed E-state index contributed by atoms with van der Waals surface area (Å²) in [5.74, 6) is 1.35. The minimum Gasteiger partial charge on any atom is -0.339 e. The highest BCUT2D eigenvalue weighted by molar-refractivity contribution is 5.87. The lowest BCUT2D eigenvalue weighted by Crippen LogP contribution is -2.40. The number of carbonyl (C=O) groups excluding carboxylic acids is 1. The van der Waals surface area contributed by atoms with Gasteiger partial charge in [-0.2, -0.15) is 5.10 Å². The predicted molar refractivity (Wildman–Crippen MR) is 108 cm³/mol. The maximum atomic E-state index is 11.8. The van der Waals surface area contributed by atoms with Gasteiger partial charge in [0.05, 0.1) is 24.3 Å². The first-order chi connectivity index (χ1) is 14.1. The van der Waals surface area contributed by atoms with E-state index in [9.17, 15) is 4.79 Å². The number of hydrogen-bond acceptors (Lipinski definition) is 6. The summed E-state index contributed by atoms with van der Waals surface area (Å²) >= 11 is 0. The summed E-state index contributed by atoms with van der Waals surface area (Å²) < 4.78 is 3.93. The van der Waals surface area contributed by atoms with E-state index in [0.29, 0.717) is 12.0 Å². The van der Waals surface area contributed by atoms with Crippen LogP contribution in [-0.4, -0.2) is 60.4 Å². The molecule has 0 aromatic carbocycles. The zero-order chi connectivity index (χ0) is 20.4. The van der Waals surface area contributed by atoms with E-state index in [0.717, 1.165) is 43.9 Å². The third kappa shape index (κ3) is 4.39. The molecule has 0 bridgehead atoms. The van der Waals surface area contributed by atoms with Crippen molar-refractivity contribution in [3.63, 3.8) is 0 Å². The molecule has 1 aliphatic carbocycles. The Bertz CT molecular complexity index is 844.